The van der Waals surface area contributed by atoms with Crippen LogP contribution < -0.4 is 19.7 Å². The van der Waals surface area contributed by atoms with Crippen LogP contribution in [0.4, 0.5) is 16.2 Å². The van der Waals surface area contributed by atoms with Gasteiger partial charge in [0.1, 0.15) is 13.2 Å². The maximum Gasteiger partial charge on any atom is 0.294 e. The Morgan fingerprint density at radius 3 is 2.59 bits per heavy atom. The Morgan fingerprint density at radius 2 is 1.86 bits per heavy atom. The second-order valence-electron chi connectivity index (χ2n) is 10.1. The smallest absolute Gasteiger partial charge is 0.294 e. The highest BCUT2D eigenvalue weighted by molar-refractivity contribution is 8.18. The molecule has 0 aliphatic carbocycles. The average Bonchev–Trinajstić information content (AvgIpc) is 3.29. The van der Waals surface area contributed by atoms with Crippen molar-refractivity contribution in [2.24, 2.45) is 0 Å². The number of allylic oxidation sites excluding steroid dienone is 1. The van der Waals surface area contributed by atoms with Gasteiger partial charge in [-0.15, -0.1) is 6.58 Å². The Kier molecular flexibility index (Phi) is 10.3. The largest absolute Gasteiger partial charge is 0.493 e. The molecule has 0 saturated carbocycles. The number of benzene rings is 3. The summed E-state index contributed by atoms with van der Waals surface area (Å²) in [5.41, 5.74) is 3.86. The van der Waals surface area contributed by atoms with Gasteiger partial charge in [0.2, 0.25) is 5.91 Å². The van der Waals surface area contributed by atoms with Crippen molar-refractivity contribution in [1.29, 1.82) is 0 Å². The van der Waals surface area contributed by atoms with E-state index in [4.69, 9.17) is 25.8 Å². The van der Waals surface area contributed by atoms with E-state index in [2.05, 4.69) is 16.8 Å². The van der Waals surface area contributed by atoms with Gasteiger partial charge >= 0.3 is 0 Å². The van der Waals surface area contributed by atoms with Crippen molar-refractivity contribution in [3.63, 3.8) is 0 Å². The molecular weight excluding hydrogens is 602 g/mol. The van der Waals surface area contributed by atoms with Crippen LogP contribution in [0.3, 0.4) is 0 Å². The number of anilines is 2. The molecule has 2 aliphatic heterocycles. The summed E-state index contributed by atoms with van der Waals surface area (Å²) < 4.78 is 17.2. The van der Waals surface area contributed by atoms with Crippen LogP contribution in [-0.2, 0) is 27.4 Å². The van der Waals surface area contributed by atoms with Crippen LogP contribution in [0, 0.1) is 0 Å². The Bertz CT molecular complexity index is 1590. The third-order valence-corrected chi connectivity index (χ3v) is 8.20. The Hall–Kier alpha value is -4.25. The van der Waals surface area contributed by atoms with Gasteiger partial charge in [-0.3, -0.25) is 19.3 Å². The molecule has 2 fully saturated rings. The predicted octanol–water partition coefficient (Wildman–Crippen LogP) is 6.17. The third kappa shape index (κ3) is 7.45. The van der Waals surface area contributed by atoms with Crippen molar-refractivity contribution in [2.45, 2.75) is 13.0 Å². The van der Waals surface area contributed by atoms with Crippen molar-refractivity contribution in [2.75, 3.05) is 50.2 Å². The number of hydrogen-bond donors (Lipinski definition) is 1. The fourth-order valence-electron chi connectivity index (χ4n) is 4.91. The lowest BCUT2D eigenvalue weighted by Crippen LogP contribution is -2.38. The minimum absolute atomic E-state index is 0.206. The quantitative estimate of drug-likeness (QED) is 0.198. The number of carbonyl (C=O) groups is 3. The Labute approximate surface area is 265 Å². The molecule has 1 N–H and O–H groups in total. The molecule has 0 bridgehead atoms. The van der Waals surface area contributed by atoms with Gasteiger partial charge in [-0.1, -0.05) is 41.9 Å². The van der Waals surface area contributed by atoms with Crippen LogP contribution in [0.5, 0.6) is 11.5 Å². The number of ether oxygens (including phenoxy) is 3. The molecule has 3 aromatic carbocycles. The number of morpholine rings is 1. The Balaban J connectivity index is 1.30. The fraction of sp³-hybridized carbons (Fsp3) is 0.242. The minimum Gasteiger partial charge on any atom is -0.493 e. The van der Waals surface area contributed by atoms with Gasteiger partial charge in [-0.05, 0) is 71.8 Å². The fourth-order valence-corrected chi connectivity index (χ4v) is 5.87. The number of para-hydroxylation sites is 2. The highest BCUT2D eigenvalue weighted by atomic mass is 35.5. The average molecular weight is 634 g/mol. The molecule has 2 saturated heterocycles. The summed E-state index contributed by atoms with van der Waals surface area (Å²) in [6.07, 6.45) is 3.85. The van der Waals surface area contributed by atoms with Crippen LogP contribution in [0.25, 0.3) is 6.08 Å². The first kappa shape index (κ1) is 31.2. The van der Waals surface area contributed by atoms with E-state index in [1.54, 1.807) is 36.4 Å². The van der Waals surface area contributed by atoms with Gasteiger partial charge < -0.3 is 24.4 Å². The van der Waals surface area contributed by atoms with Crippen LogP contribution in [0.2, 0.25) is 5.02 Å². The number of carbonyl (C=O) groups excluding carboxylic acids is 3. The van der Waals surface area contributed by atoms with E-state index in [0.717, 1.165) is 33.5 Å². The molecule has 0 unspecified atom stereocenters. The molecular formula is C33H32ClN3O6S. The molecule has 0 spiro atoms. The van der Waals surface area contributed by atoms with E-state index in [1.807, 2.05) is 36.4 Å². The normalized spacial score (nSPS) is 15.9. The summed E-state index contributed by atoms with van der Waals surface area (Å²) in [7, 11) is 1.54. The van der Waals surface area contributed by atoms with Gasteiger partial charge in [-0.2, -0.15) is 0 Å². The van der Waals surface area contributed by atoms with E-state index < -0.39 is 23.6 Å². The van der Waals surface area contributed by atoms with Gasteiger partial charge in [0, 0.05) is 23.7 Å². The molecule has 11 heteroatoms. The molecule has 0 radical (unpaired) electrons. The summed E-state index contributed by atoms with van der Waals surface area (Å²) in [6, 6.07) is 18.4. The number of hydrogen-bond acceptors (Lipinski definition) is 8. The number of methoxy groups -OCH3 is 1. The summed E-state index contributed by atoms with van der Waals surface area (Å²) in [6.45, 7) is 6.37. The number of imide groups is 1. The molecule has 228 valence electrons. The summed E-state index contributed by atoms with van der Waals surface area (Å²) in [5.74, 6) is 0.0269. The second kappa shape index (κ2) is 14.5. The summed E-state index contributed by atoms with van der Waals surface area (Å²) >= 11 is 6.79. The maximum absolute atomic E-state index is 13.3. The number of halogens is 1. The zero-order valence-corrected chi connectivity index (χ0v) is 25.8. The first-order chi connectivity index (χ1) is 21.4. The van der Waals surface area contributed by atoms with Crippen molar-refractivity contribution in [1.82, 2.24) is 4.90 Å². The number of amides is 3. The van der Waals surface area contributed by atoms with Gasteiger partial charge in [-0.25, -0.2) is 0 Å². The van der Waals surface area contributed by atoms with E-state index in [-0.39, 0.29) is 4.91 Å². The minimum atomic E-state index is -0.538. The van der Waals surface area contributed by atoms with Crippen molar-refractivity contribution in [3.05, 3.63) is 99.9 Å². The van der Waals surface area contributed by atoms with Crippen molar-refractivity contribution in [3.8, 4) is 11.5 Å². The predicted molar refractivity (Wildman–Crippen MR) is 173 cm³/mol. The van der Waals surface area contributed by atoms with Gasteiger partial charge in [0.15, 0.2) is 11.5 Å². The van der Waals surface area contributed by atoms with Crippen LogP contribution in [0.15, 0.2) is 78.2 Å². The highest BCUT2D eigenvalue weighted by Gasteiger charge is 2.36. The number of nitrogens with one attached hydrogen (secondary N) is 1. The molecule has 3 aromatic rings. The number of nitrogens with zero attached hydrogens (tertiary/aromatic N) is 2. The molecule has 9 nitrogen and oxygen atoms in total. The monoisotopic (exact) mass is 633 g/mol. The van der Waals surface area contributed by atoms with Crippen molar-refractivity contribution >= 4 is 57.9 Å². The lowest BCUT2D eigenvalue weighted by atomic mass is 10.0. The highest BCUT2D eigenvalue weighted by Crippen LogP contribution is 2.38. The van der Waals surface area contributed by atoms with Crippen LogP contribution in [-0.4, -0.2) is 61.9 Å². The van der Waals surface area contributed by atoms with E-state index >= 15 is 0 Å². The molecule has 2 aliphatic rings. The van der Waals surface area contributed by atoms with E-state index in [1.165, 1.54) is 7.11 Å². The molecule has 44 heavy (non-hydrogen) atoms. The first-order valence-electron chi connectivity index (χ1n) is 14.0. The lowest BCUT2D eigenvalue weighted by Gasteiger charge is -2.30. The third-order valence-electron chi connectivity index (χ3n) is 7.04. The number of thioether (sulfide) groups is 1. The SMILES string of the molecule is C=CCc1cc(/C=C2\SC(=O)N(CC(=O)Nc3ccccc3N3CCOCC3)C2=O)cc(OC)c1OCc1ccc(Cl)cc1. The summed E-state index contributed by atoms with van der Waals surface area (Å²) in [5, 5.41) is 2.99. The number of rotatable bonds is 11. The molecule has 2 heterocycles. The van der Waals surface area contributed by atoms with Gasteiger partial charge in [0.25, 0.3) is 11.1 Å². The topological polar surface area (TPSA) is 97.4 Å². The standard InChI is InChI=1S/C33H32ClN3O6S/c1-3-6-24-17-23(18-28(41-2)31(24)43-21-22-9-11-25(34)12-10-22)19-29-32(39)37(33(40)44-29)20-30(38)35-26-7-4-5-8-27(26)36-13-15-42-16-14-36/h3-5,7-12,17-19H,1,6,13-16,20-21H2,2H3,(H,35,38)/b29-19-. The second-order valence-corrected chi connectivity index (χ2v) is 11.5. The van der Waals surface area contributed by atoms with Gasteiger partial charge in [0.05, 0.1) is 36.6 Å². The van der Waals surface area contributed by atoms with Crippen LogP contribution in [0.1, 0.15) is 16.7 Å². The van der Waals surface area contributed by atoms with E-state index in [0.29, 0.717) is 67.1 Å². The maximum atomic E-state index is 13.3. The van der Waals surface area contributed by atoms with Crippen molar-refractivity contribution < 1.29 is 28.6 Å². The molecule has 3 amide bonds. The zero-order valence-electron chi connectivity index (χ0n) is 24.2. The molecule has 0 aromatic heterocycles. The Morgan fingerprint density at radius 1 is 1.11 bits per heavy atom. The van der Waals surface area contributed by atoms with Crippen LogP contribution >= 0.6 is 23.4 Å². The van der Waals surface area contributed by atoms with E-state index in [9.17, 15) is 14.4 Å². The first-order valence-corrected chi connectivity index (χ1v) is 15.2. The summed E-state index contributed by atoms with van der Waals surface area (Å²) in [4.78, 5) is 42.4. The lowest BCUT2D eigenvalue weighted by molar-refractivity contribution is -0.127. The molecule has 0 atom stereocenters. The molecule has 5 rings (SSSR count). The zero-order chi connectivity index (χ0) is 31.1.